The van der Waals surface area contributed by atoms with E-state index in [4.69, 9.17) is 14.5 Å². The highest BCUT2D eigenvalue weighted by Gasteiger charge is 2.23. The molecule has 0 aliphatic carbocycles. The van der Waals surface area contributed by atoms with Gasteiger partial charge in [-0.3, -0.25) is 14.1 Å². The van der Waals surface area contributed by atoms with E-state index in [1.807, 2.05) is 39.8 Å². The minimum atomic E-state index is -0.886. The van der Waals surface area contributed by atoms with E-state index in [1.54, 1.807) is 7.11 Å². The van der Waals surface area contributed by atoms with Gasteiger partial charge in [0.25, 0.3) is 0 Å². The average Bonchev–Trinajstić information content (AvgIpc) is 2.74. The number of hydrogen-bond donors (Lipinski definition) is 2. The highest BCUT2D eigenvalue weighted by atomic mass is 127. The van der Waals surface area contributed by atoms with Crippen molar-refractivity contribution in [2.45, 2.75) is 38.5 Å². The first-order valence-electron chi connectivity index (χ1n) is 10.7. The molecule has 0 aromatic heterocycles. The zero-order chi connectivity index (χ0) is 22.0. The number of guanidine groups is 1. The van der Waals surface area contributed by atoms with Crippen molar-refractivity contribution in [1.82, 2.24) is 15.5 Å². The van der Waals surface area contributed by atoms with Gasteiger partial charge in [-0.15, -0.1) is 24.0 Å². The summed E-state index contributed by atoms with van der Waals surface area (Å²) in [5, 5.41) is 6.63. The van der Waals surface area contributed by atoms with Gasteiger partial charge in [-0.05, 0) is 45.4 Å². The minimum Gasteiger partial charge on any atom is -0.497 e. The van der Waals surface area contributed by atoms with Crippen molar-refractivity contribution in [1.29, 1.82) is 0 Å². The summed E-state index contributed by atoms with van der Waals surface area (Å²) in [7, 11) is 0.794. The van der Waals surface area contributed by atoms with E-state index in [-0.39, 0.29) is 34.8 Å². The molecule has 1 aliphatic rings. The molecule has 2 atom stereocenters. The van der Waals surface area contributed by atoms with Gasteiger partial charge >= 0.3 is 0 Å². The van der Waals surface area contributed by atoms with Crippen molar-refractivity contribution in [2.75, 3.05) is 58.8 Å². The second-order valence-corrected chi connectivity index (χ2v) is 10.6. The summed E-state index contributed by atoms with van der Waals surface area (Å²) in [5.41, 5.74) is 1.21. The van der Waals surface area contributed by atoms with Crippen LogP contribution in [0.15, 0.2) is 29.3 Å². The zero-order valence-corrected chi connectivity index (χ0v) is 22.6. The summed E-state index contributed by atoms with van der Waals surface area (Å²) >= 11 is 0. The molecule has 31 heavy (non-hydrogen) atoms. The third-order valence-electron chi connectivity index (χ3n) is 5.02. The number of hydrogen-bond acceptors (Lipinski definition) is 5. The molecule has 1 aliphatic heterocycles. The van der Waals surface area contributed by atoms with Crippen molar-refractivity contribution in [3.63, 3.8) is 0 Å². The van der Waals surface area contributed by atoms with Crippen LogP contribution in [0.3, 0.4) is 0 Å². The highest BCUT2D eigenvalue weighted by molar-refractivity contribution is 14.0. The lowest BCUT2D eigenvalue weighted by Gasteiger charge is -2.34. The molecule has 178 valence electrons. The molecule has 2 N–H and O–H groups in total. The van der Waals surface area contributed by atoms with Gasteiger partial charge in [-0.25, -0.2) is 0 Å². The number of ether oxygens (including phenoxy) is 2. The Bertz CT molecular complexity index is 689. The van der Waals surface area contributed by atoms with Crippen LogP contribution in [0.1, 0.15) is 39.3 Å². The van der Waals surface area contributed by atoms with Crippen molar-refractivity contribution < 1.29 is 13.7 Å². The number of benzene rings is 1. The van der Waals surface area contributed by atoms with Crippen molar-refractivity contribution in [3.8, 4) is 5.75 Å². The molecular formula is C22H39IN4O3S. The normalized spacial score (nSPS) is 17.4. The average molecular weight is 567 g/mol. The molecule has 1 aromatic rings. The number of nitrogens with one attached hydrogen (secondary N) is 2. The van der Waals surface area contributed by atoms with Gasteiger partial charge in [0.1, 0.15) is 5.75 Å². The quantitative estimate of drug-likeness (QED) is 0.272. The molecule has 0 bridgehead atoms. The Kier molecular flexibility index (Phi) is 13.0. The summed E-state index contributed by atoms with van der Waals surface area (Å²) in [5.74, 6) is 2.21. The van der Waals surface area contributed by atoms with Crippen LogP contribution in [0.25, 0.3) is 0 Å². The van der Waals surface area contributed by atoms with Gasteiger partial charge in [0, 0.05) is 47.5 Å². The Hall–Kier alpha value is -0.910. The third-order valence-corrected chi connectivity index (χ3v) is 6.96. The first-order chi connectivity index (χ1) is 14.3. The Labute approximate surface area is 207 Å². The maximum absolute atomic E-state index is 12.3. The van der Waals surface area contributed by atoms with Crippen LogP contribution in [-0.2, 0) is 15.5 Å². The molecule has 2 unspecified atom stereocenters. The van der Waals surface area contributed by atoms with E-state index < -0.39 is 10.8 Å². The Morgan fingerprint density at radius 2 is 1.87 bits per heavy atom. The standard InChI is InChI=1S/C22H38N4O3S.HI/c1-6-23-21(24-11-16-30(27)22(2,3)4)25-17-20(26-12-14-29-15-13-26)18-7-9-19(28-5)10-8-18;/h7-10,20H,6,11-17H2,1-5H3,(H2,23,24,25);1H. The van der Waals surface area contributed by atoms with Crippen LogP contribution in [0.4, 0.5) is 0 Å². The van der Waals surface area contributed by atoms with Crippen molar-refractivity contribution in [3.05, 3.63) is 29.8 Å². The van der Waals surface area contributed by atoms with Gasteiger partial charge in [-0.1, -0.05) is 12.1 Å². The minimum absolute atomic E-state index is 0. The highest BCUT2D eigenvalue weighted by Crippen LogP contribution is 2.24. The van der Waals surface area contributed by atoms with E-state index in [0.717, 1.165) is 44.6 Å². The number of nitrogens with zero attached hydrogens (tertiary/aromatic N) is 2. The number of aliphatic imine (C=N–C) groups is 1. The van der Waals surface area contributed by atoms with Crippen LogP contribution in [0.2, 0.25) is 0 Å². The maximum Gasteiger partial charge on any atom is 0.191 e. The summed E-state index contributed by atoms with van der Waals surface area (Å²) < 4.78 is 22.9. The largest absolute Gasteiger partial charge is 0.497 e. The lowest BCUT2D eigenvalue weighted by Crippen LogP contribution is -2.42. The molecule has 2 rings (SSSR count). The van der Waals surface area contributed by atoms with E-state index in [9.17, 15) is 4.21 Å². The van der Waals surface area contributed by atoms with Gasteiger partial charge in [0.2, 0.25) is 0 Å². The fourth-order valence-electron chi connectivity index (χ4n) is 3.23. The van der Waals surface area contributed by atoms with Gasteiger partial charge < -0.3 is 20.1 Å². The fourth-order valence-corrected chi connectivity index (χ4v) is 4.13. The second kappa shape index (κ2) is 14.3. The number of methoxy groups -OCH3 is 1. The van der Waals surface area contributed by atoms with Crippen LogP contribution in [0.5, 0.6) is 5.75 Å². The predicted octanol–water partition coefficient (Wildman–Crippen LogP) is 2.79. The number of morpholine rings is 1. The molecule has 7 nitrogen and oxygen atoms in total. The van der Waals surface area contributed by atoms with Crippen LogP contribution in [-0.4, -0.2) is 78.6 Å². The van der Waals surface area contributed by atoms with Crippen LogP contribution >= 0.6 is 24.0 Å². The molecule has 1 fully saturated rings. The lowest BCUT2D eigenvalue weighted by molar-refractivity contribution is 0.0179. The summed E-state index contributed by atoms with van der Waals surface area (Å²) in [4.78, 5) is 7.27. The summed E-state index contributed by atoms with van der Waals surface area (Å²) in [6.45, 7) is 13.4. The monoisotopic (exact) mass is 566 g/mol. The zero-order valence-electron chi connectivity index (χ0n) is 19.5. The molecule has 1 heterocycles. The van der Waals surface area contributed by atoms with Crippen molar-refractivity contribution >= 4 is 40.7 Å². The topological polar surface area (TPSA) is 75.2 Å². The first kappa shape index (κ1) is 28.1. The van der Waals surface area contributed by atoms with E-state index in [1.165, 1.54) is 5.56 Å². The van der Waals surface area contributed by atoms with Crippen LogP contribution < -0.4 is 15.4 Å². The van der Waals surface area contributed by atoms with E-state index in [2.05, 4.69) is 27.7 Å². The fraction of sp³-hybridized carbons (Fsp3) is 0.682. The molecule has 1 aromatic carbocycles. The molecule has 0 spiro atoms. The van der Waals surface area contributed by atoms with Crippen LogP contribution in [0, 0.1) is 0 Å². The Balaban J connectivity index is 0.00000480. The molecule has 0 radical (unpaired) electrons. The number of rotatable bonds is 9. The van der Waals surface area contributed by atoms with Gasteiger partial charge in [0.05, 0.1) is 32.9 Å². The van der Waals surface area contributed by atoms with Gasteiger partial charge in [-0.2, -0.15) is 0 Å². The predicted molar refractivity (Wildman–Crippen MR) is 140 cm³/mol. The number of halogens is 1. The second-order valence-electron chi connectivity index (χ2n) is 8.25. The smallest absolute Gasteiger partial charge is 0.191 e. The molecule has 0 saturated carbocycles. The summed E-state index contributed by atoms with van der Waals surface area (Å²) in [6.07, 6.45) is 0. The van der Waals surface area contributed by atoms with Crippen molar-refractivity contribution in [2.24, 2.45) is 4.99 Å². The Morgan fingerprint density at radius 3 is 2.42 bits per heavy atom. The SMILES string of the molecule is CCNC(=NCC(c1ccc(OC)cc1)N1CCOCC1)NCCS(=O)C(C)(C)C.I. The molecule has 0 amide bonds. The lowest BCUT2D eigenvalue weighted by atomic mass is 10.0. The maximum atomic E-state index is 12.3. The third kappa shape index (κ3) is 9.63. The molecule has 1 saturated heterocycles. The van der Waals surface area contributed by atoms with Gasteiger partial charge in [0.15, 0.2) is 5.96 Å². The van der Waals surface area contributed by atoms with E-state index >= 15 is 0 Å². The molecular weight excluding hydrogens is 527 g/mol. The summed E-state index contributed by atoms with van der Waals surface area (Å²) in [6, 6.07) is 8.39. The van der Waals surface area contributed by atoms with E-state index in [0.29, 0.717) is 18.8 Å². The molecule has 9 heteroatoms. The first-order valence-corrected chi connectivity index (χ1v) is 12.0. The Morgan fingerprint density at radius 1 is 1.23 bits per heavy atom.